The highest BCUT2D eigenvalue weighted by molar-refractivity contribution is 7.92. The molecule has 0 aliphatic heterocycles. The maximum absolute atomic E-state index is 12.4. The van der Waals surface area contributed by atoms with E-state index in [1.54, 1.807) is 36.4 Å². The van der Waals surface area contributed by atoms with Gasteiger partial charge in [-0.3, -0.25) is 9.52 Å². The van der Waals surface area contributed by atoms with E-state index in [9.17, 15) is 13.2 Å². The quantitative estimate of drug-likeness (QED) is 0.704. The van der Waals surface area contributed by atoms with E-state index in [4.69, 9.17) is 4.74 Å². The van der Waals surface area contributed by atoms with Gasteiger partial charge in [0.2, 0.25) is 10.0 Å². The molecular formula is C18H22N2O4S. The average Bonchev–Trinajstić information content (AvgIpc) is 2.54. The first-order valence-electron chi connectivity index (χ1n) is 7.99. The van der Waals surface area contributed by atoms with Crippen LogP contribution in [0.3, 0.4) is 0 Å². The zero-order valence-corrected chi connectivity index (χ0v) is 15.1. The van der Waals surface area contributed by atoms with Gasteiger partial charge in [0.05, 0.1) is 12.9 Å². The van der Waals surface area contributed by atoms with Crippen LogP contribution in [0, 0.1) is 0 Å². The minimum absolute atomic E-state index is 0.331. The Bertz CT molecular complexity index is 834. The topological polar surface area (TPSA) is 84.5 Å². The summed E-state index contributed by atoms with van der Waals surface area (Å²) in [5.41, 5.74) is 1.30. The van der Waals surface area contributed by atoms with Crippen molar-refractivity contribution in [1.82, 2.24) is 0 Å². The Morgan fingerprint density at radius 2 is 1.80 bits per heavy atom. The van der Waals surface area contributed by atoms with E-state index in [1.165, 1.54) is 6.07 Å². The lowest BCUT2D eigenvalue weighted by Gasteiger charge is -2.10. The number of hydrogen-bond donors (Lipinski definition) is 2. The second kappa shape index (κ2) is 8.53. The van der Waals surface area contributed by atoms with Crippen LogP contribution in [0.4, 0.5) is 11.4 Å². The summed E-state index contributed by atoms with van der Waals surface area (Å²) in [6, 6.07) is 13.5. The van der Waals surface area contributed by atoms with E-state index in [0.717, 1.165) is 19.1 Å². The van der Waals surface area contributed by atoms with E-state index in [2.05, 4.69) is 17.0 Å². The lowest BCUT2D eigenvalue weighted by molar-refractivity contribution is 0.102. The zero-order valence-electron chi connectivity index (χ0n) is 14.3. The number of ether oxygens (including phenoxy) is 1. The molecule has 2 N–H and O–H groups in total. The van der Waals surface area contributed by atoms with Crippen molar-refractivity contribution in [2.24, 2.45) is 0 Å². The molecule has 0 saturated heterocycles. The number of hydrogen-bond acceptors (Lipinski definition) is 4. The summed E-state index contributed by atoms with van der Waals surface area (Å²) in [5.74, 6) is 0.363. The monoisotopic (exact) mass is 362 g/mol. The van der Waals surface area contributed by atoms with Gasteiger partial charge in [0, 0.05) is 23.0 Å². The minimum atomic E-state index is -3.39. The molecule has 0 fully saturated rings. The first-order chi connectivity index (χ1) is 11.9. The Balaban J connectivity index is 2.07. The van der Waals surface area contributed by atoms with Crippen molar-refractivity contribution < 1.29 is 17.9 Å². The maximum atomic E-state index is 12.4. The average molecular weight is 362 g/mol. The number of nitrogens with one attached hydrogen (secondary N) is 2. The zero-order chi connectivity index (χ0) is 18.3. The van der Waals surface area contributed by atoms with Gasteiger partial charge >= 0.3 is 0 Å². The number of anilines is 2. The van der Waals surface area contributed by atoms with Crippen LogP contribution in [-0.2, 0) is 10.0 Å². The summed E-state index contributed by atoms with van der Waals surface area (Å²) in [7, 11) is -3.39. The number of unbranched alkanes of at least 4 members (excludes halogenated alkanes) is 1. The van der Waals surface area contributed by atoms with Crippen LogP contribution < -0.4 is 14.8 Å². The van der Waals surface area contributed by atoms with Gasteiger partial charge in [0.25, 0.3) is 5.91 Å². The molecule has 134 valence electrons. The molecule has 0 aliphatic carbocycles. The fourth-order valence-electron chi connectivity index (χ4n) is 2.14. The van der Waals surface area contributed by atoms with Crippen LogP contribution in [0.2, 0.25) is 0 Å². The third-order valence-corrected chi connectivity index (χ3v) is 3.89. The third-order valence-electron chi connectivity index (χ3n) is 3.29. The first-order valence-corrected chi connectivity index (χ1v) is 9.88. The molecule has 0 aliphatic rings. The van der Waals surface area contributed by atoms with Crippen LogP contribution in [0.5, 0.6) is 5.75 Å². The van der Waals surface area contributed by atoms with E-state index in [-0.39, 0.29) is 5.91 Å². The molecule has 0 heterocycles. The molecule has 1 amide bonds. The van der Waals surface area contributed by atoms with Crippen molar-refractivity contribution in [3.05, 3.63) is 54.1 Å². The molecule has 0 aromatic heterocycles. The highest BCUT2D eigenvalue weighted by atomic mass is 32.2. The van der Waals surface area contributed by atoms with E-state index in [1.807, 2.05) is 6.07 Å². The normalized spacial score (nSPS) is 11.0. The van der Waals surface area contributed by atoms with Crippen LogP contribution >= 0.6 is 0 Å². The lowest BCUT2D eigenvalue weighted by Crippen LogP contribution is -2.14. The van der Waals surface area contributed by atoms with Gasteiger partial charge in [-0.15, -0.1) is 0 Å². The molecule has 0 saturated carbocycles. The first kappa shape index (κ1) is 18.8. The third kappa shape index (κ3) is 6.46. The summed E-state index contributed by atoms with van der Waals surface area (Å²) in [4.78, 5) is 12.4. The Kier molecular flexibility index (Phi) is 6.41. The largest absolute Gasteiger partial charge is 0.494 e. The summed E-state index contributed by atoms with van der Waals surface area (Å²) in [5, 5.41) is 2.78. The van der Waals surface area contributed by atoms with Crippen LogP contribution in [0.25, 0.3) is 0 Å². The second-order valence-electron chi connectivity index (χ2n) is 5.64. The Hall–Kier alpha value is -2.54. The number of sulfonamides is 1. The number of carbonyl (C=O) groups is 1. The molecule has 0 unspecified atom stereocenters. The maximum Gasteiger partial charge on any atom is 0.255 e. The van der Waals surface area contributed by atoms with E-state index in [0.29, 0.717) is 29.3 Å². The molecule has 2 rings (SSSR count). The minimum Gasteiger partial charge on any atom is -0.494 e. The van der Waals surface area contributed by atoms with Crippen molar-refractivity contribution in [2.75, 3.05) is 22.9 Å². The van der Waals surface area contributed by atoms with Crippen molar-refractivity contribution in [3.63, 3.8) is 0 Å². The molecule has 0 spiro atoms. The summed E-state index contributed by atoms with van der Waals surface area (Å²) < 4.78 is 30.6. The number of amides is 1. The SMILES string of the molecule is CCCCOc1cccc(NC(=O)c2cccc(NS(C)(=O)=O)c2)c1. The molecular weight excluding hydrogens is 340 g/mol. The Morgan fingerprint density at radius 1 is 1.08 bits per heavy atom. The summed E-state index contributed by atoms with van der Waals surface area (Å²) in [6.07, 6.45) is 3.08. The lowest BCUT2D eigenvalue weighted by atomic mass is 10.2. The number of carbonyl (C=O) groups excluding carboxylic acids is 1. The van der Waals surface area contributed by atoms with Gasteiger partial charge in [-0.2, -0.15) is 0 Å². The van der Waals surface area contributed by atoms with Gasteiger partial charge in [0.1, 0.15) is 5.75 Å². The van der Waals surface area contributed by atoms with Crippen molar-refractivity contribution >= 4 is 27.3 Å². The molecule has 0 atom stereocenters. The summed E-state index contributed by atoms with van der Waals surface area (Å²) in [6.45, 7) is 2.72. The smallest absolute Gasteiger partial charge is 0.255 e. The fourth-order valence-corrected chi connectivity index (χ4v) is 2.69. The standard InChI is InChI=1S/C18H22N2O4S/c1-3-4-11-24-17-10-6-8-15(13-17)19-18(21)14-7-5-9-16(12-14)20-25(2,22)23/h5-10,12-13,20H,3-4,11H2,1-2H3,(H,19,21). The van der Waals surface area contributed by atoms with Gasteiger partial charge in [-0.25, -0.2) is 8.42 Å². The summed E-state index contributed by atoms with van der Waals surface area (Å²) >= 11 is 0. The molecule has 7 heteroatoms. The molecule has 2 aromatic carbocycles. The Morgan fingerprint density at radius 3 is 2.52 bits per heavy atom. The molecule has 25 heavy (non-hydrogen) atoms. The molecule has 0 bridgehead atoms. The molecule has 2 aromatic rings. The fraction of sp³-hybridized carbons (Fsp3) is 0.278. The number of benzene rings is 2. The van der Waals surface area contributed by atoms with Crippen molar-refractivity contribution in [2.45, 2.75) is 19.8 Å². The van der Waals surface area contributed by atoms with Gasteiger partial charge in [-0.05, 0) is 36.8 Å². The van der Waals surface area contributed by atoms with E-state index >= 15 is 0 Å². The van der Waals surface area contributed by atoms with Crippen LogP contribution in [0.1, 0.15) is 30.1 Å². The predicted molar refractivity (Wildman–Crippen MR) is 99.7 cm³/mol. The highest BCUT2D eigenvalue weighted by Gasteiger charge is 2.09. The van der Waals surface area contributed by atoms with Crippen molar-refractivity contribution in [1.29, 1.82) is 0 Å². The Labute approximate surface area is 148 Å². The second-order valence-corrected chi connectivity index (χ2v) is 7.39. The van der Waals surface area contributed by atoms with Crippen LogP contribution in [-0.4, -0.2) is 27.2 Å². The van der Waals surface area contributed by atoms with Gasteiger partial charge in [-0.1, -0.05) is 25.5 Å². The van der Waals surface area contributed by atoms with Crippen LogP contribution in [0.15, 0.2) is 48.5 Å². The van der Waals surface area contributed by atoms with Crippen molar-refractivity contribution in [3.8, 4) is 5.75 Å². The van der Waals surface area contributed by atoms with Gasteiger partial charge in [0.15, 0.2) is 0 Å². The predicted octanol–water partition coefficient (Wildman–Crippen LogP) is 3.49. The van der Waals surface area contributed by atoms with Gasteiger partial charge < -0.3 is 10.1 Å². The highest BCUT2D eigenvalue weighted by Crippen LogP contribution is 2.19. The molecule has 0 radical (unpaired) electrons. The van der Waals surface area contributed by atoms with E-state index < -0.39 is 10.0 Å². The molecule has 6 nitrogen and oxygen atoms in total. The number of rotatable bonds is 8.